The van der Waals surface area contributed by atoms with Gasteiger partial charge < -0.3 is 4.74 Å². The monoisotopic (exact) mass is 156 g/mol. The number of rotatable bonds is 3. The van der Waals surface area contributed by atoms with E-state index in [1.54, 1.807) is 6.92 Å². The van der Waals surface area contributed by atoms with Crippen molar-refractivity contribution in [3.63, 3.8) is 0 Å². The van der Waals surface area contributed by atoms with Gasteiger partial charge in [0.25, 0.3) is 5.78 Å². The predicted octanol–water partition coefficient (Wildman–Crippen LogP) is 1.08. The van der Waals surface area contributed by atoms with Crippen LogP contribution in [0.15, 0.2) is 11.6 Å². The number of allylic oxidation sites excluding steroid dienone is 1. The fourth-order valence-corrected chi connectivity index (χ4v) is 0.485. The Balaban J connectivity index is 4.17. The van der Waals surface area contributed by atoms with Gasteiger partial charge in [0.15, 0.2) is 0 Å². The van der Waals surface area contributed by atoms with Gasteiger partial charge in [0.1, 0.15) is 0 Å². The van der Waals surface area contributed by atoms with Crippen molar-refractivity contribution < 1.29 is 14.3 Å². The van der Waals surface area contributed by atoms with Crippen LogP contribution >= 0.6 is 0 Å². The van der Waals surface area contributed by atoms with Gasteiger partial charge in [0, 0.05) is 0 Å². The van der Waals surface area contributed by atoms with E-state index in [9.17, 15) is 9.59 Å². The van der Waals surface area contributed by atoms with Gasteiger partial charge in [-0.1, -0.05) is 12.5 Å². The number of hydrogen-bond acceptors (Lipinski definition) is 3. The zero-order chi connectivity index (χ0) is 8.85. The van der Waals surface area contributed by atoms with Crippen LogP contribution in [-0.4, -0.2) is 18.9 Å². The minimum absolute atomic E-state index is 0.591. The molecule has 0 atom stereocenters. The predicted molar refractivity (Wildman–Crippen MR) is 41.1 cm³/mol. The molecule has 0 bridgehead atoms. The second-order valence-corrected chi connectivity index (χ2v) is 2.20. The fraction of sp³-hybridized carbons (Fsp3) is 0.500. The number of carbonyl (C=O) groups is 2. The van der Waals surface area contributed by atoms with Crippen LogP contribution in [0.2, 0.25) is 0 Å². The minimum atomic E-state index is -0.808. The molecule has 0 heterocycles. The molecule has 0 spiro atoms. The number of esters is 1. The lowest BCUT2D eigenvalue weighted by atomic mass is 10.2. The van der Waals surface area contributed by atoms with E-state index in [1.807, 2.05) is 6.92 Å². The van der Waals surface area contributed by atoms with Crippen LogP contribution in [0.3, 0.4) is 0 Å². The van der Waals surface area contributed by atoms with Crippen molar-refractivity contribution in [1.29, 1.82) is 0 Å². The van der Waals surface area contributed by atoms with E-state index >= 15 is 0 Å². The number of hydrogen-bond donors (Lipinski definition) is 0. The normalized spacial score (nSPS) is 11.0. The van der Waals surface area contributed by atoms with Gasteiger partial charge in [-0.15, -0.1) is 0 Å². The van der Waals surface area contributed by atoms with Crippen molar-refractivity contribution in [3.8, 4) is 0 Å². The van der Waals surface area contributed by atoms with Gasteiger partial charge in [-0.3, -0.25) is 4.79 Å². The van der Waals surface area contributed by atoms with E-state index in [-0.39, 0.29) is 0 Å². The van der Waals surface area contributed by atoms with Gasteiger partial charge in [-0.05, 0) is 19.4 Å². The molecule has 0 rings (SSSR count). The molecule has 0 fully saturated rings. The summed E-state index contributed by atoms with van der Waals surface area (Å²) in [4.78, 5) is 21.3. The van der Waals surface area contributed by atoms with Gasteiger partial charge in [-0.2, -0.15) is 0 Å². The van der Waals surface area contributed by atoms with Crippen LogP contribution in [0.25, 0.3) is 0 Å². The summed E-state index contributed by atoms with van der Waals surface area (Å²) in [7, 11) is 1.19. The van der Waals surface area contributed by atoms with Crippen molar-refractivity contribution >= 4 is 11.8 Å². The molecule has 0 N–H and O–H groups in total. The van der Waals surface area contributed by atoms with Gasteiger partial charge in [-0.25, -0.2) is 4.79 Å². The molecule has 0 aromatic heterocycles. The first-order valence-corrected chi connectivity index (χ1v) is 3.41. The molecule has 0 aliphatic carbocycles. The second kappa shape index (κ2) is 4.66. The van der Waals surface area contributed by atoms with Crippen molar-refractivity contribution in [2.75, 3.05) is 7.11 Å². The van der Waals surface area contributed by atoms with Crippen LogP contribution in [0.1, 0.15) is 20.3 Å². The second-order valence-electron chi connectivity index (χ2n) is 2.20. The summed E-state index contributed by atoms with van der Waals surface area (Å²) in [5, 5.41) is 0. The first kappa shape index (κ1) is 9.88. The topological polar surface area (TPSA) is 43.4 Å². The lowest BCUT2D eigenvalue weighted by Gasteiger charge is -1.94. The fourth-order valence-electron chi connectivity index (χ4n) is 0.485. The maximum absolute atomic E-state index is 10.8. The number of ether oxygens (including phenoxy) is 1. The van der Waals surface area contributed by atoms with Gasteiger partial charge in [0.2, 0.25) is 0 Å². The molecular formula is C8H12O3. The smallest absolute Gasteiger partial charge is 0.378 e. The van der Waals surface area contributed by atoms with Gasteiger partial charge in [0.05, 0.1) is 7.11 Å². The molecule has 62 valence electrons. The molecular weight excluding hydrogens is 144 g/mol. The molecule has 0 amide bonds. The highest BCUT2D eigenvalue weighted by molar-refractivity contribution is 6.38. The largest absolute Gasteiger partial charge is 0.463 e. The van der Waals surface area contributed by atoms with E-state index in [0.717, 1.165) is 12.0 Å². The summed E-state index contributed by atoms with van der Waals surface area (Å²) in [5.41, 5.74) is 0.875. The summed E-state index contributed by atoms with van der Waals surface area (Å²) in [6.07, 6.45) is 2.06. The Morgan fingerprint density at radius 1 is 1.45 bits per heavy atom. The molecule has 0 aliphatic rings. The van der Waals surface area contributed by atoms with Crippen molar-refractivity contribution in [1.82, 2.24) is 0 Å². The minimum Gasteiger partial charge on any atom is -0.463 e. The summed E-state index contributed by atoms with van der Waals surface area (Å²) in [5.74, 6) is -1.40. The summed E-state index contributed by atoms with van der Waals surface area (Å²) in [6.45, 7) is 3.71. The maximum Gasteiger partial charge on any atom is 0.378 e. The van der Waals surface area contributed by atoms with Crippen LogP contribution in [-0.2, 0) is 14.3 Å². The standard InChI is InChI=1S/C8H12O3/c1-4-6(2)5-7(9)8(10)11-3/h5H,4H2,1-3H3/b6-5+. The molecule has 11 heavy (non-hydrogen) atoms. The highest BCUT2D eigenvalue weighted by Crippen LogP contribution is 1.97. The van der Waals surface area contributed by atoms with E-state index in [2.05, 4.69) is 4.74 Å². The van der Waals surface area contributed by atoms with Crippen LogP contribution in [0, 0.1) is 0 Å². The Morgan fingerprint density at radius 2 is 2.00 bits per heavy atom. The highest BCUT2D eigenvalue weighted by atomic mass is 16.5. The number of ketones is 1. The Hall–Kier alpha value is -1.12. The number of methoxy groups -OCH3 is 1. The molecule has 0 unspecified atom stereocenters. The van der Waals surface area contributed by atoms with E-state index in [1.165, 1.54) is 13.2 Å². The molecule has 0 saturated heterocycles. The lowest BCUT2D eigenvalue weighted by Crippen LogP contribution is -2.12. The van der Waals surface area contributed by atoms with Crippen molar-refractivity contribution in [2.45, 2.75) is 20.3 Å². The van der Waals surface area contributed by atoms with E-state index < -0.39 is 11.8 Å². The molecule has 3 heteroatoms. The first-order valence-electron chi connectivity index (χ1n) is 3.41. The zero-order valence-electron chi connectivity index (χ0n) is 7.01. The van der Waals surface area contributed by atoms with Crippen LogP contribution in [0.4, 0.5) is 0 Å². The third-order valence-electron chi connectivity index (χ3n) is 1.32. The molecule has 0 aliphatic heterocycles. The Kier molecular flexibility index (Phi) is 4.18. The average Bonchev–Trinajstić information content (AvgIpc) is 2.02. The maximum atomic E-state index is 10.8. The van der Waals surface area contributed by atoms with Crippen molar-refractivity contribution in [2.24, 2.45) is 0 Å². The Labute approximate surface area is 66.0 Å². The summed E-state index contributed by atoms with van der Waals surface area (Å²) in [6, 6.07) is 0. The van der Waals surface area contributed by atoms with Crippen LogP contribution < -0.4 is 0 Å². The van der Waals surface area contributed by atoms with Gasteiger partial charge >= 0.3 is 5.97 Å². The Morgan fingerprint density at radius 3 is 2.36 bits per heavy atom. The molecule has 0 radical (unpaired) electrons. The SMILES string of the molecule is CC/C(C)=C/C(=O)C(=O)OC. The molecule has 0 aromatic carbocycles. The number of carbonyl (C=O) groups excluding carboxylic acids is 2. The van der Waals surface area contributed by atoms with E-state index in [0.29, 0.717) is 0 Å². The van der Waals surface area contributed by atoms with Crippen molar-refractivity contribution in [3.05, 3.63) is 11.6 Å². The third-order valence-corrected chi connectivity index (χ3v) is 1.32. The zero-order valence-corrected chi connectivity index (χ0v) is 7.01. The van der Waals surface area contributed by atoms with Crippen LogP contribution in [0.5, 0.6) is 0 Å². The average molecular weight is 156 g/mol. The summed E-state index contributed by atoms with van der Waals surface area (Å²) >= 11 is 0. The lowest BCUT2D eigenvalue weighted by molar-refractivity contribution is -0.149. The Bertz CT molecular complexity index is 192. The van der Waals surface area contributed by atoms with E-state index in [4.69, 9.17) is 0 Å². The molecule has 3 nitrogen and oxygen atoms in total. The quantitative estimate of drug-likeness (QED) is 0.349. The highest BCUT2D eigenvalue weighted by Gasteiger charge is 2.09. The third kappa shape index (κ3) is 3.55. The first-order chi connectivity index (χ1) is 5.11. The molecule has 0 aromatic rings. The molecule has 0 saturated carbocycles. The summed E-state index contributed by atoms with van der Waals surface area (Å²) < 4.78 is 4.22.